The summed E-state index contributed by atoms with van der Waals surface area (Å²) in [6.07, 6.45) is 0. The van der Waals surface area contributed by atoms with Crippen LogP contribution in [0, 0.1) is 0 Å². The fourth-order valence-corrected chi connectivity index (χ4v) is 3.00. The Balaban J connectivity index is 0.00000162. The Hall–Kier alpha value is 0.0500. The summed E-state index contributed by atoms with van der Waals surface area (Å²) in [7, 11) is 0. The van der Waals surface area contributed by atoms with Crippen LogP contribution < -0.4 is 5.73 Å². The molecule has 1 heterocycles. The van der Waals surface area contributed by atoms with Gasteiger partial charge in [0.15, 0.2) is 5.96 Å². The Labute approximate surface area is 138 Å². The van der Waals surface area contributed by atoms with Crippen molar-refractivity contribution in [3.63, 3.8) is 0 Å². The summed E-state index contributed by atoms with van der Waals surface area (Å²) in [5, 5.41) is 0. The monoisotopic (exact) mass is 441 g/mol. The first kappa shape index (κ1) is 16.1. The minimum atomic E-state index is 0. The molecule has 1 aliphatic heterocycles. The van der Waals surface area contributed by atoms with Gasteiger partial charge in [-0.25, -0.2) is 4.99 Å². The number of hydrogen-bond acceptors (Lipinski definition) is 2. The van der Waals surface area contributed by atoms with Crippen LogP contribution in [0.3, 0.4) is 0 Å². The lowest BCUT2D eigenvalue weighted by Crippen LogP contribution is -2.42. The highest BCUT2D eigenvalue weighted by Crippen LogP contribution is 2.16. The SMILES string of the molecule is I.NC(=NCc1ccccc1Br)N1CCSCC1. The van der Waals surface area contributed by atoms with Gasteiger partial charge in [-0.05, 0) is 11.6 Å². The van der Waals surface area contributed by atoms with Gasteiger partial charge in [-0.15, -0.1) is 24.0 Å². The second-order valence-electron chi connectivity index (χ2n) is 3.87. The fraction of sp³-hybridized carbons (Fsp3) is 0.417. The van der Waals surface area contributed by atoms with Crippen LogP contribution in [0.4, 0.5) is 0 Å². The van der Waals surface area contributed by atoms with Crippen molar-refractivity contribution < 1.29 is 0 Å². The quantitative estimate of drug-likeness (QED) is 0.435. The van der Waals surface area contributed by atoms with Gasteiger partial charge in [0.1, 0.15) is 0 Å². The van der Waals surface area contributed by atoms with E-state index in [2.05, 4.69) is 31.9 Å². The van der Waals surface area contributed by atoms with Gasteiger partial charge < -0.3 is 10.6 Å². The van der Waals surface area contributed by atoms with Crippen LogP contribution in [0.1, 0.15) is 5.56 Å². The molecule has 0 spiro atoms. The molecule has 0 bridgehead atoms. The second kappa shape index (κ2) is 8.27. The van der Waals surface area contributed by atoms with Crippen molar-refractivity contribution in [3.05, 3.63) is 34.3 Å². The predicted molar refractivity (Wildman–Crippen MR) is 93.8 cm³/mol. The molecule has 6 heteroatoms. The van der Waals surface area contributed by atoms with Crippen LogP contribution in [0.25, 0.3) is 0 Å². The molecule has 2 N–H and O–H groups in total. The summed E-state index contributed by atoms with van der Waals surface area (Å²) >= 11 is 5.49. The number of hydrogen-bond donors (Lipinski definition) is 1. The number of rotatable bonds is 2. The van der Waals surface area contributed by atoms with E-state index in [9.17, 15) is 0 Å². The Bertz CT molecular complexity index is 408. The number of aliphatic imine (C=N–C) groups is 1. The van der Waals surface area contributed by atoms with E-state index < -0.39 is 0 Å². The lowest BCUT2D eigenvalue weighted by Gasteiger charge is -2.27. The predicted octanol–water partition coefficient (Wildman–Crippen LogP) is 2.93. The molecule has 0 unspecified atom stereocenters. The molecule has 100 valence electrons. The molecular formula is C12H17BrIN3S. The fourth-order valence-electron chi connectivity index (χ4n) is 1.69. The van der Waals surface area contributed by atoms with Crippen LogP contribution in [0.15, 0.2) is 33.7 Å². The average molecular weight is 442 g/mol. The Morgan fingerprint density at radius 2 is 2.00 bits per heavy atom. The van der Waals surface area contributed by atoms with Crippen molar-refractivity contribution in [3.8, 4) is 0 Å². The molecule has 0 atom stereocenters. The number of benzene rings is 1. The number of thioether (sulfide) groups is 1. The van der Waals surface area contributed by atoms with Gasteiger partial charge >= 0.3 is 0 Å². The summed E-state index contributed by atoms with van der Waals surface area (Å²) in [5.74, 6) is 2.96. The number of guanidine groups is 1. The van der Waals surface area contributed by atoms with E-state index in [1.165, 1.54) is 5.56 Å². The number of nitrogens with zero attached hydrogens (tertiary/aromatic N) is 2. The van der Waals surface area contributed by atoms with Crippen molar-refractivity contribution in [2.24, 2.45) is 10.7 Å². The van der Waals surface area contributed by atoms with Gasteiger partial charge in [0, 0.05) is 29.1 Å². The molecular weight excluding hydrogens is 425 g/mol. The van der Waals surface area contributed by atoms with Crippen molar-refractivity contribution >= 4 is 57.6 Å². The molecule has 2 rings (SSSR count). The highest BCUT2D eigenvalue weighted by Gasteiger charge is 2.11. The van der Waals surface area contributed by atoms with Crippen LogP contribution in [0.2, 0.25) is 0 Å². The minimum absolute atomic E-state index is 0. The van der Waals surface area contributed by atoms with Gasteiger partial charge in [-0.3, -0.25) is 0 Å². The third kappa shape index (κ3) is 4.62. The molecule has 0 saturated carbocycles. The van der Waals surface area contributed by atoms with Crippen molar-refractivity contribution in [2.45, 2.75) is 6.54 Å². The van der Waals surface area contributed by atoms with Gasteiger partial charge in [-0.1, -0.05) is 34.1 Å². The molecule has 0 aromatic heterocycles. The van der Waals surface area contributed by atoms with Crippen molar-refractivity contribution in [1.82, 2.24) is 4.90 Å². The summed E-state index contributed by atoms with van der Waals surface area (Å²) < 4.78 is 1.09. The standard InChI is InChI=1S/C12H16BrN3S.HI/c13-11-4-2-1-3-10(11)9-15-12(14)16-5-7-17-8-6-16;/h1-4H,5-9H2,(H2,14,15);1H. The molecule has 1 fully saturated rings. The van der Waals surface area contributed by atoms with E-state index in [-0.39, 0.29) is 24.0 Å². The molecule has 1 aromatic carbocycles. The molecule has 3 nitrogen and oxygen atoms in total. The average Bonchev–Trinajstić information content (AvgIpc) is 2.38. The van der Waals surface area contributed by atoms with E-state index in [0.717, 1.165) is 29.1 Å². The largest absolute Gasteiger partial charge is 0.370 e. The normalized spacial score (nSPS) is 16.3. The van der Waals surface area contributed by atoms with E-state index >= 15 is 0 Å². The Kier molecular flexibility index (Phi) is 7.40. The minimum Gasteiger partial charge on any atom is -0.370 e. The zero-order valence-corrected chi connectivity index (χ0v) is 14.7. The smallest absolute Gasteiger partial charge is 0.191 e. The molecule has 1 saturated heterocycles. The maximum atomic E-state index is 6.00. The number of nitrogens with two attached hydrogens (primary N) is 1. The van der Waals surface area contributed by atoms with Crippen LogP contribution in [0.5, 0.6) is 0 Å². The summed E-state index contributed by atoms with van der Waals surface area (Å²) in [6.45, 7) is 2.66. The van der Waals surface area contributed by atoms with Gasteiger partial charge in [-0.2, -0.15) is 11.8 Å². The van der Waals surface area contributed by atoms with E-state index in [4.69, 9.17) is 5.73 Å². The first-order valence-corrected chi connectivity index (χ1v) is 7.58. The summed E-state index contributed by atoms with van der Waals surface area (Å²) in [6, 6.07) is 8.11. The zero-order valence-electron chi connectivity index (χ0n) is 10.0. The Morgan fingerprint density at radius 1 is 1.33 bits per heavy atom. The Morgan fingerprint density at radius 3 is 2.67 bits per heavy atom. The molecule has 1 aliphatic rings. The maximum Gasteiger partial charge on any atom is 0.191 e. The molecule has 0 amide bonds. The molecule has 0 radical (unpaired) electrons. The molecule has 18 heavy (non-hydrogen) atoms. The first-order valence-electron chi connectivity index (χ1n) is 5.63. The van der Waals surface area contributed by atoms with Crippen LogP contribution in [-0.4, -0.2) is 35.5 Å². The third-order valence-electron chi connectivity index (χ3n) is 2.70. The molecule has 0 aliphatic carbocycles. The topological polar surface area (TPSA) is 41.6 Å². The second-order valence-corrected chi connectivity index (χ2v) is 5.94. The maximum absolute atomic E-state index is 6.00. The summed E-state index contributed by atoms with van der Waals surface area (Å²) in [4.78, 5) is 6.62. The van der Waals surface area contributed by atoms with Crippen molar-refractivity contribution in [1.29, 1.82) is 0 Å². The lowest BCUT2D eigenvalue weighted by molar-refractivity contribution is 0.455. The summed E-state index contributed by atoms with van der Waals surface area (Å²) in [5.41, 5.74) is 7.17. The molecule has 1 aromatic rings. The highest BCUT2D eigenvalue weighted by atomic mass is 127. The van der Waals surface area contributed by atoms with Crippen LogP contribution >= 0.6 is 51.7 Å². The van der Waals surface area contributed by atoms with Crippen molar-refractivity contribution in [2.75, 3.05) is 24.6 Å². The van der Waals surface area contributed by atoms with Gasteiger partial charge in [0.2, 0.25) is 0 Å². The lowest BCUT2D eigenvalue weighted by atomic mass is 10.2. The highest BCUT2D eigenvalue weighted by molar-refractivity contribution is 14.0. The van der Waals surface area contributed by atoms with Crippen LogP contribution in [-0.2, 0) is 6.54 Å². The zero-order chi connectivity index (χ0) is 12.1. The van der Waals surface area contributed by atoms with E-state index in [1.807, 2.05) is 30.0 Å². The van der Waals surface area contributed by atoms with Gasteiger partial charge in [0.25, 0.3) is 0 Å². The van der Waals surface area contributed by atoms with E-state index in [1.54, 1.807) is 0 Å². The number of halogens is 2. The van der Waals surface area contributed by atoms with Gasteiger partial charge in [0.05, 0.1) is 6.54 Å². The first-order chi connectivity index (χ1) is 8.27. The third-order valence-corrected chi connectivity index (χ3v) is 4.42. The van der Waals surface area contributed by atoms with E-state index in [0.29, 0.717) is 12.5 Å².